The molecule has 2 aromatic rings. The van der Waals surface area contributed by atoms with E-state index in [-0.39, 0.29) is 16.9 Å². The summed E-state index contributed by atoms with van der Waals surface area (Å²) in [5.74, 6) is 0.479. The molecule has 1 aromatic carbocycles. The first-order chi connectivity index (χ1) is 10.8. The van der Waals surface area contributed by atoms with Crippen LogP contribution in [0.15, 0.2) is 47.4 Å². The van der Waals surface area contributed by atoms with E-state index in [0.717, 1.165) is 0 Å². The van der Waals surface area contributed by atoms with Crippen LogP contribution in [-0.2, 0) is 0 Å². The molecule has 0 unspecified atom stereocenters. The highest BCUT2D eigenvalue weighted by atomic mass is 16.6. The van der Waals surface area contributed by atoms with Crippen molar-refractivity contribution in [2.45, 2.75) is 19.4 Å². The molecule has 0 saturated heterocycles. The Morgan fingerprint density at radius 3 is 2.74 bits per heavy atom. The number of ether oxygens (including phenoxy) is 1. The van der Waals surface area contributed by atoms with Crippen LogP contribution in [0.1, 0.15) is 19.4 Å². The zero-order valence-electron chi connectivity index (χ0n) is 12.6. The molecular formula is C16H15N3O4. The van der Waals surface area contributed by atoms with E-state index >= 15 is 0 Å². The standard InChI is InChI=1S/C16H15N3O4/c1-16(2)9-13(18-7-3-4-12(17)15(18)20)11-8-10(19(21)22)5-6-14(11)23-16/h3-9H,17H2,1-2H3. The van der Waals surface area contributed by atoms with Gasteiger partial charge in [-0.15, -0.1) is 0 Å². The van der Waals surface area contributed by atoms with Crippen LogP contribution in [0, 0.1) is 10.1 Å². The number of non-ortho nitro benzene ring substituents is 1. The molecule has 1 aliphatic heterocycles. The van der Waals surface area contributed by atoms with E-state index < -0.39 is 10.5 Å². The fourth-order valence-corrected chi connectivity index (χ4v) is 2.54. The van der Waals surface area contributed by atoms with Crippen molar-refractivity contribution >= 4 is 17.1 Å². The summed E-state index contributed by atoms with van der Waals surface area (Å²) < 4.78 is 7.21. The first-order valence-electron chi connectivity index (χ1n) is 6.97. The van der Waals surface area contributed by atoms with Gasteiger partial charge in [0.25, 0.3) is 11.2 Å². The lowest BCUT2D eigenvalue weighted by molar-refractivity contribution is -0.384. The van der Waals surface area contributed by atoms with Gasteiger partial charge in [-0.05, 0) is 38.1 Å². The molecule has 0 radical (unpaired) electrons. The Labute approximate surface area is 131 Å². The number of pyridine rings is 1. The lowest BCUT2D eigenvalue weighted by Crippen LogP contribution is -2.32. The number of nitrogens with two attached hydrogens (primary N) is 1. The van der Waals surface area contributed by atoms with Crippen molar-refractivity contribution in [3.05, 3.63) is 68.6 Å². The van der Waals surface area contributed by atoms with E-state index in [1.54, 1.807) is 24.4 Å². The van der Waals surface area contributed by atoms with Gasteiger partial charge in [0.2, 0.25) is 0 Å². The van der Waals surface area contributed by atoms with E-state index in [4.69, 9.17) is 10.5 Å². The molecule has 7 nitrogen and oxygen atoms in total. The molecule has 0 atom stereocenters. The monoisotopic (exact) mass is 313 g/mol. The zero-order valence-corrected chi connectivity index (χ0v) is 12.6. The molecule has 7 heteroatoms. The van der Waals surface area contributed by atoms with Gasteiger partial charge in [0.05, 0.1) is 16.3 Å². The molecule has 2 heterocycles. The van der Waals surface area contributed by atoms with Gasteiger partial charge < -0.3 is 10.5 Å². The Kier molecular flexibility index (Phi) is 3.21. The maximum absolute atomic E-state index is 12.3. The number of hydrogen-bond acceptors (Lipinski definition) is 5. The summed E-state index contributed by atoms with van der Waals surface area (Å²) in [6.45, 7) is 3.68. The van der Waals surface area contributed by atoms with E-state index in [1.807, 2.05) is 13.8 Å². The Bertz CT molecular complexity index is 896. The number of nitrogens with zero attached hydrogens (tertiary/aromatic N) is 2. The van der Waals surface area contributed by atoms with Crippen LogP contribution in [0.25, 0.3) is 5.70 Å². The minimum atomic E-state index is -0.664. The number of benzene rings is 1. The second kappa shape index (κ2) is 4.98. The zero-order chi connectivity index (χ0) is 16.8. The molecule has 118 valence electrons. The van der Waals surface area contributed by atoms with Crippen molar-refractivity contribution < 1.29 is 9.66 Å². The summed E-state index contributed by atoms with van der Waals surface area (Å²) in [6.07, 6.45) is 3.33. The molecule has 0 amide bonds. The first-order valence-corrected chi connectivity index (χ1v) is 6.97. The summed E-state index contributed by atoms with van der Waals surface area (Å²) in [6, 6.07) is 7.47. The topological polar surface area (TPSA) is 100 Å². The number of anilines is 1. The summed E-state index contributed by atoms with van der Waals surface area (Å²) in [7, 11) is 0. The lowest BCUT2D eigenvalue weighted by atomic mass is 9.98. The van der Waals surface area contributed by atoms with Crippen LogP contribution in [0.5, 0.6) is 5.75 Å². The maximum atomic E-state index is 12.3. The lowest BCUT2D eigenvalue weighted by Gasteiger charge is -2.31. The highest BCUT2D eigenvalue weighted by Crippen LogP contribution is 2.38. The molecule has 0 spiro atoms. The van der Waals surface area contributed by atoms with E-state index in [1.165, 1.54) is 22.8 Å². The maximum Gasteiger partial charge on any atom is 0.278 e. The van der Waals surface area contributed by atoms with Crippen LogP contribution in [-0.4, -0.2) is 15.1 Å². The van der Waals surface area contributed by atoms with Gasteiger partial charge in [0.1, 0.15) is 11.4 Å². The Morgan fingerprint density at radius 2 is 2.04 bits per heavy atom. The van der Waals surface area contributed by atoms with Crippen molar-refractivity contribution in [2.75, 3.05) is 5.73 Å². The Hall–Kier alpha value is -3.09. The molecule has 0 fully saturated rings. The summed E-state index contributed by atoms with van der Waals surface area (Å²) in [5.41, 5.74) is 5.66. The van der Waals surface area contributed by atoms with E-state index in [9.17, 15) is 14.9 Å². The quantitative estimate of drug-likeness (QED) is 0.677. The molecule has 1 aromatic heterocycles. The van der Waals surface area contributed by atoms with Crippen LogP contribution in [0.3, 0.4) is 0 Å². The number of hydrogen-bond donors (Lipinski definition) is 1. The van der Waals surface area contributed by atoms with Crippen molar-refractivity contribution in [3.63, 3.8) is 0 Å². The summed E-state index contributed by atoms with van der Waals surface area (Å²) >= 11 is 0. The fraction of sp³-hybridized carbons (Fsp3) is 0.188. The highest BCUT2D eigenvalue weighted by Gasteiger charge is 2.29. The summed E-state index contributed by atoms with van der Waals surface area (Å²) in [5, 5.41) is 11.0. The van der Waals surface area contributed by atoms with Gasteiger partial charge in [-0.2, -0.15) is 0 Å². The van der Waals surface area contributed by atoms with Crippen LogP contribution >= 0.6 is 0 Å². The first kappa shape index (κ1) is 14.8. The van der Waals surface area contributed by atoms with Crippen molar-refractivity contribution in [2.24, 2.45) is 0 Å². The van der Waals surface area contributed by atoms with Gasteiger partial charge in [-0.1, -0.05) is 0 Å². The molecule has 0 aliphatic carbocycles. The third-order valence-corrected chi connectivity index (χ3v) is 3.54. The average Bonchev–Trinajstić information content (AvgIpc) is 2.48. The van der Waals surface area contributed by atoms with Crippen LogP contribution in [0.2, 0.25) is 0 Å². The molecule has 2 N–H and O–H groups in total. The number of nitrogen functional groups attached to an aromatic ring is 1. The third kappa shape index (κ3) is 2.57. The van der Waals surface area contributed by atoms with Gasteiger partial charge in [0.15, 0.2) is 0 Å². The number of rotatable bonds is 2. The van der Waals surface area contributed by atoms with E-state index in [0.29, 0.717) is 17.0 Å². The van der Waals surface area contributed by atoms with Gasteiger partial charge in [-0.25, -0.2) is 0 Å². The van der Waals surface area contributed by atoms with Crippen molar-refractivity contribution in [1.29, 1.82) is 0 Å². The van der Waals surface area contributed by atoms with Crippen molar-refractivity contribution in [3.8, 4) is 5.75 Å². The molecule has 1 aliphatic rings. The minimum Gasteiger partial charge on any atom is -0.483 e. The number of aromatic nitrogens is 1. The third-order valence-electron chi connectivity index (χ3n) is 3.54. The molecule has 23 heavy (non-hydrogen) atoms. The molecular weight excluding hydrogens is 298 g/mol. The second-order valence-corrected chi connectivity index (χ2v) is 5.81. The molecule has 3 rings (SSSR count). The normalized spacial score (nSPS) is 15.3. The van der Waals surface area contributed by atoms with E-state index in [2.05, 4.69) is 0 Å². The average molecular weight is 313 g/mol. The SMILES string of the molecule is CC1(C)C=C(n2cccc(N)c2=O)c2cc([N+](=O)[O-])ccc2O1. The highest BCUT2D eigenvalue weighted by molar-refractivity contribution is 5.75. The minimum absolute atomic E-state index is 0.0742. The van der Waals surface area contributed by atoms with Gasteiger partial charge >= 0.3 is 0 Å². The number of nitro benzene ring substituents is 1. The number of nitro groups is 1. The molecule has 0 saturated carbocycles. The van der Waals surface area contributed by atoms with Gasteiger partial charge in [0, 0.05) is 23.9 Å². The van der Waals surface area contributed by atoms with Crippen LogP contribution in [0.4, 0.5) is 11.4 Å². The van der Waals surface area contributed by atoms with Crippen LogP contribution < -0.4 is 16.0 Å². The Morgan fingerprint density at radius 1 is 1.30 bits per heavy atom. The van der Waals surface area contributed by atoms with Crippen molar-refractivity contribution in [1.82, 2.24) is 4.57 Å². The molecule has 0 bridgehead atoms. The fourth-order valence-electron chi connectivity index (χ4n) is 2.54. The second-order valence-electron chi connectivity index (χ2n) is 5.81. The largest absolute Gasteiger partial charge is 0.483 e. The predicted octanol–water partition coefficient (Wildman–Crippen LogP) is 2.40. The van der Waals surface area contributed by atoms with Gasteiger partial charge in [-0.3, -0.25) is 19.5 Å². The summed E-state index contributed by atoms with van der Waals surface area (Å²) in [4.78, 5) is 22.9. The Balaban J connectivity index is 2.29. The number of fused-ring (bicyclic) bond motifs is 1. The smallest absolute Gasteiger partial charge is 0.278 e. The predicted molar refractivity (Wildman–Crippen MR) is 86.3 cm³/mol.